The number of unbranched alkanes of at least 4 members (excludes halogenated alkanes) is 2. The van der Waals surface area contributed by atoms with E-state index in [1.165, 1.54) is 97.1 Å². The Bertz CT molecular complexity index is 3200. The van der Waals surface area contributed by atoms with Gasteiger partial charge in [-0.1, -0.05) is 167 Å². The van der Waals surface area contributed by atoms with E-state index in [1.807, 2.05) is 72.8 Å². The van der Waals surface area contributed by atoms with Crippen LogP contribution in [0.3, 0.4) is 0 Å². The fourth-order valence-electron chi connectivity index (χ4n) is 10.5. The van der Waals surface area contributed by atoms with Gasteiger partial charge in [0.15, 0.2) is 11.6 Å². The molecule has 0 amide bonds. The number of carbonyl (C=O) groups excluding carboxylic acids is 3. The summed E-state index contributed by atoms with van der Waals surface area (Å²) in [6.45, 7) is 21.9. The van der Waals surface area contributed by atoms with Crippen LogP contribution in [0, 0.1) is 5.92 Å². The number of anilines is 4. The van der Waals surface area contributed by atoms with E-state index < -0.39 is 5.97 Å². The van der Waals surface area contributed by atoms with Gasteiger partial charge in [-0.05, 0) is 173 Å². The second-order valence-electron chi connectivity index (χ2n) is 24.0. The number of esters is 1. The van der Waals surface area contributed by atoms with Crippen LogP contribution in [0.15, 0.2) is 165 Å². The van der Waals surface area contributed by atoms with E-state index in [0.29, 0.717) is 60.7 Å². The van der Waals surface area contributed by atoms with Gasteiger partial charge in [0.25, 0.3) is 0 Å². The zero-order chi connectivity index (χ0) is 53.9. The molecule has 2 aliphatic rings. The molecule has 6 nitrogen and oxygen atoms in total. The molecule has 0 atom stereocenters. The monoisotopic (exact) mass is 1050 g/mol. The Kier molecular flexibility index (Phi) is 16.3. The summed E-state index contributed by atoms with van der Waals surface area (Å²) in [5.74, 6) is 1.00. The maximum atomic E-state index is 15.8. The summed E-state index contributed by atoms with van der Waals surface area (Å²) in [5, 5.41) is 7.11. The van der Waals surface area contributed by atoms with Gasteiger partial charge in [0.2, 0.25) is 0 Å². The minimum Gasteiger partial charge on any atom is -0.423 e. The van der Waals surface area contributed by atoms with Crippen molar-refractivity contribution in [1.29, 1.82) is 0 Å². The van der Waals surface area contributed by atoms with Crippen molar-refractivity contribution in [3.05, 3.63) is 196 Å². The number of hydrogen-bond acceptors (Lipinski definition) is 8. The average molecular weight is 1050 g/mol. The number of nitrogens with one attached hydrogen (secondary N) is 2. The first-order chi connectivity index (χ1) is 36.2. The lowest BCUT2D eigenvalue weighted by molar-refractivity contribution is 0.0734. The fourth-order valence-corrected chi connectivity index (χ4v) is 12.4. The largest absolute Gasteiger partial charge is 0.423 e. The fraction of sp³-hybridized carbons (Fsp3) is 0.338. The van der Waals surface area contributed by atoms with Crippen molar-refractivity contribution in [2.45, 2.75) is 162 Å². The van der Waals surface area contributed by atoms with E-state index in [4.69, 9.17) is 4.74 Å². The molecule has 9 rings (SSSR count). The first-order valence-electron chi connectivity index (χ1n) is 27.3. The molecular formula is C68H74N2O4S2. The molecule has 392 valence electrons. The van der Waals surface area contributed by atoms with Crippen LogP contribution in [0.25, 0.3) is 0 Å². The predicted molar refractivity (Wildman–Crippen MR) is 317 cm³/mol. The molecule has 0 unspecified atom stereocenters. The van der Waals surface area contributed by atoms with Crippen LogP contribution in [0.5, 0.6) is 5.75 Å². The van der Waals surface area contributed by atoms with E-state index in [0.717, 1.165) is 27.1 Å². The van der Waals surface area contributed by atoms with Gasteiger partial charge in [-0.15, -0.1) is 0 Å². The topological polar surface area (TPSA) is 84.5 Å². The van der Waals surface area contributed by atoms with Crippen LogP contribution in [-0.2, 0) is 16.2 Å². The highest BCUT2D eigenvalue weighted by Crippen LogP contribution is 2.47. The van der Waals surface area contributed by atoms with Gasteiger partial charge in [0, 0.05) is 42.1 Å². The lowest BCUT2D eigenvalue weighted by Crippen LogP contribution is -2.25. The van der Waals surface area contributed by atoms with Gasteiger partial charge >= 0.3 is 5.97 Å². The Labute approximate surface area is 460 Å². The summed E-state index contributed by atoms with van der Waals surface area (Å²) in [7, 11) is 0. The van der Waals surface area contributed by atoms with Crippen molar-refractivity contribution in [1.82, 2.24) is 0 Å². The zero-order valence-electron chi connectivity index (χ0n) is 46.1. The molecule has 2 aliphatic carbocycles. The van der Waals surface area contributed by atoms with Crippen LogP contribution in [0.2, 0.25) is 0 Å². The number of fused-ring (bicyclic) bond motifs is 2. The number of ether oxygens (including phenoxy) is 1. The number of rotatable bonds is 15. The van der Waals surface area contributed by atoms with Crippen molar-refractivity contribution in [3.8, 4) is 5.75 Å². The third-order valence-corrected chi connectivity index (χ3v) is 17.3. The quantitative estimate of drug-likeness (QED) is 0.0597. The average Bonchev–Trinajstić information content (AvgIpc) is 3.48. The summed E-state index contributed by atoms with van der Waals surface area (Å²) < 4.78 is 5.89. The molecule has 2 N–H and O–H groups in total. The molecule has 0 aromatic heterocycles. The van der Waals surface area contributed by atoms with Gasteiger partial charge in [-0.3, -0.25) is 9.59 Å². The van der Waals surface area contributed by atoms with Gasteiger partial charge < -0.3 is 15.4 Å². The number of benzene rings is 7. The van der Waals surface area contributed by atoms with Crippen LogP contribution in [0.1, 0.15) is 191 Å². The maximum Gasteiger partial charge on any atom is 0.343 e. The number of carbonyl (C=O) groups is 3. The Morgan fingerprint density at radius 1 is 0.500 bits per heavy atom. The summed E-state index contributed by atoms with van der Waals surface area (Å²) in [6.07, 6.45) is 10.3. The van der Waals surface area contributed by atoms with Crippen LogP contribution in [-0.4, -0.2) is 17.5 Å². The molecule has 7 aromatic rings. The molecule has 1 saturated carbocycles. The molecule has 76 heavy (non-hydrogen) atoms. The number of ketones is 2. The molecular weight excluding hydrogens is 973 g/mol. The predicted octanol–water partition coefficient (Wildman–Crippen LogP) is 19.2. The van der Waals surface area contributed by atoms with Crippen molar-refractivity contribution >= 4 is 63.8 Å². The molecule has 0 radical (unpaired) electrons. The normalized spacial score (nSPS) is 15.7. The molecule has 7 aromatic carbocycles. The maximum absolute atomic E-state index is 15.8. The Hall–Kier alpha value is -6.35. The first-order valence-corrected chi connectivity index (χ1v) is 28.9. The highest BCUT2D eigenvalue weighted by atomic mass is 32.2. The van der Waals surface area contributed by atoms with Gasteiger partial charge in [0.05, 0.1) is 28.1 Å². The Balaban J connectivity index is 1.03. The van der Waals surface area contributed by atoms with Crippen molar-refractivity contribution in [2.24, 2.45) is 5.92 Å². The molecule has 0 spiro atoms. The number of hydrogen-bond donors (Lipinski definition) is 2. The van der Waals surface area contributed by atoms with Crippen LogP contribution in [0.4, 0.5) is 22.7 Å². The minimum absolute atomic E-state index is 0.0268. The van der Waals surface area contributed by atoms with Crippen molar-refractivity contribution in [3.63, 3.8) is 0 Å². The van der Waals surface area contributed by atoms with Gasteiger partial charge in [-0.2, -0.15) is 0 Å². The minimum atomic E-state index is -0.439. The van der Waals surface area contributed by atoms with E-state index in [1.54, 1.807) is 12.1 Å². The lowest BCUT2D eigenvalue weighted by Gasteiger charge is -2.29. The zero-order valence-corrected chi connectivity index (χ0v) is 47.8. The van der Waals surface area contributed by atoms with E-state index in [9.17, 15) is 4.79 Å². The van der Waals surface area contributed by atoms with Crippen LogP contribution >= 0.6 is 23.5 Å². The Morgan fingerprint density at radius 3 is 1.34 bits per heavy atom. The summed E-state index contributed by atoms with van der Waals surface area (Å²) >= 11 is 2.89. The molecule has 0 aliphatic heterocycles. The summed E-state index contributed by atoms with van der Waals surface area (Å²) in [4.78, 5) is 48.2. The second kappa shape index (κ2) is 22.7. The SMILES string of the molecule is CCCCCC1CCC(c2ccc(OC(=O)c3ccc(Sc4ccc(Sc5ccc(C(C)(C)C)cc5)c5c4C(=O)c4c(Nc6ccc(C(C)(C)C)cc6)ccc(Nc6ccc(C(C)(C)C)cc6)c4C5=O)cc3)cc2)CC1. The van der Waals surface area contributed by atoms with E-state index in [2.05, 4.69) is 141 Å². The standard InChI is InChI=1S/C68H74N2O4S2/c1-11-12-13-14-43-15-17-44(18-16-43)45-19-33-52(34-20-45)74-65(73)46-21-35-53(36-22-46)75-57-41-42-58(76-54-37-27-49(28-38-54)68(8,9)10)62-61(57)63(71)59-55(69-50-29-23-47(24-30-50)66(2,3)4)39-40-56(60(59)64(62)72)70-51-31-25-48(26-32-51)67(5,6)7/h19-44,69-70H,11-18H2,1-10H3. The van der Waals surface area contributed by atoms with Crippen LogP contribution < -0.4 is 15.4 Å². The summed E-state index contributed by atoms with van der Waals surface area (Å²) in [5.41, 5.74) is 9.27. The summed E-state index contributed by atoms with van der Waals surface area (Å²) in [6, 6.07) is 48.0. The molecule has 0 heterocycles. The smallest absolute Gasteiger partial charge is 0.343 e. The highest BCUT2D eigenvalue weighted by Gasteiger charge is 2.38. The van der Waals surface area contributed by atoms with E-state index in [-0.39, 0.29) is 27.8 Å². The van der Waals surface area contributed by atoms with E-state index >= 15 is 9.59 Å². The first kappa shape index (κ1) is 54.4. The molecule has 0 bridgehead atoms. The molecule has 1 fully saturated rings. The van der Waals surface area contributed by atoms with Gasteiger partial charge in [0.1, 0.15) is 5.75 Å². The third kappa shape index (κ3) is 12.6. The molecule has 0 saturated heterocycles. The lowest BCUT2D eigenvalue weighted by atomic mass is 9.77. The van der Waals surface area contributed by atoms with Crippen molar-refractivity contribution in [2.75, 3.05) is 10.6 Å². The third-order valence-electron chi connectivity index (χ3n) is 15.2. The van der Waals surface area contributed by atoms with Gasteiger partial charge in [-0.25, -0.2) is 4.79 Å². The molecule has 8 heteroatoms. The second-order valence-corrected chi connectivity index (χ2v) is 26.2. The Morgan fingerprint density at radius 2 is 0.921 bits per heavy atom. The van der Waals surface area contributed by atoms with Crippen molar-refractivity contribution < 1.29 is 19.1 Å². The highest BCUT2D eigenvalue weighted by molar-refractivity contribution is 8.00.